The standard InChI is InChI=1S/C19H26N2O2/c1-15(2)12-23-17-7-4-3-6-16(17)18(22)21-11-5-8-19(14-21)9-10-20-13-19/h3-4,6-7,20H,1,5,8-14H2,2H3/t19-/m0/s1. The average Bonchev–Trinajstić information content (AvgIpc) is 3.00. The van der Waals surface area contributed by atoms with Gasteiger partial charge in [0.15, 0.2) is 0 Å². The van der Waals surface area contributed by atoms with Gasteiger partial charge >= 0.3 is 0 Å². The van der Waals surface area contributed by atoms with Crippen molar-refractivity contribution in [3.05, 3.63) is 42.0 Å². The van der Waals surface area contributed by atoms with Gasteiger partial charge in [-0.1, -0.05) is 18.7 Å². The maximum atomic E-state index is 13.0. The number of piperidine rings is 1. The number of likely N-dealkylation sites (tertiary alicyclic amines) is 1. The molecule has 1 aromatic rings. The van der Waals surface area contributed by atoms with Crippen LogP contribution in [0.5, 0.6) is 5.75 Å². The van der Waals surface area contributed by atoms with Crippen LogP contribution in [0.3, 0.4) is 0 Å². The van der Waals surface area contributed by atoms with Crippen LogP contribution in [0.2, 0.25) is 0 Å². The lowest BCUT2D eigenvalue weighted by molar-refractivity contribution is 0.0550. The van der Waals surface area contributed by atoms with E-state index >= 15 is 0 Å². The molecular formula is C19H26N2O2. The summed E-state index contributed by atoms with van der Waals surface area (Å²) in [5.41, 5.74) is 1.89. The third kappa shape index (κ3) is 3.58. The number of benzene rings is 1. The van der Waals surface area contributed by atoms with E-state index in [1.807, 2.05) is 36.1 Å². The summed E-state index contributed by atoms with van der Waals surface area (Å²) in [6.07, 6.45) is 3.48. The lowest BCUT2D eigenvalue weighted by Gasteiger charge is -2.40. The normalized spacial score (nSPS) is 24.0. The highest BCUT2D eigenvalue weighted by molar-refractivity contribution is 5.97. The van der Waals surface area contributed by atoms with Crippen molar-refractivity contribution in [2.75, 3.05) is 32.8 Å². The van der Waals surface area contributed by atoms with Crippen molar-refractivity contribution in [2.24, 2.45) is 5.41 Å². The van der Waals surface area contributed by atoms with Crippen molar-refractivity contribution >= 4 is 5.91 Å². The van der Waals surface area contributed by atoms with Crippen LogP contribution in [0.25, 0.3) is 0 Å². The Bertz CT molecular complexity index is 591. The molecule has 0 bridgehead atoms. The molecular weight excluding hydrogens is 288 g/mol. The van der Waals surface area contributed by atoms with Gasteiger partial charge in [-0.05, 0) is 50.4 Å². The fourth-order valence-corrected chi connectivity index (χ4v) is 3.67. The smallest absolute Gasteiger partial charge is 0.257 e. The first kappa shape index (κ1) is 16.1. The van der Waals surface area contributed by atoms with E-state index in [0.717, 1.165) is 38.2 Å². The Hall–Kier alpha value is -1.81. The Balaban J connectivity index is 1.76. The molecule has 3 rings (SSSR count). The zero-order valence-electron chi connectivity index (χ0n) is 13.9. The third-order valence-electron chi connectivity index (χ3n) is 4.87. The summed E-state index contributed by atoms with van der Waals surface area (Å²) in [5.74, 6) is 0.748. The maximum absolute atomic E-state index is 13.0. The van der Waals surface area contributed by atoms with Crippen molar-refractivity contribution < 1.29 is 9.53 Å². The fraction of sp³-hybridized carbons (Fsp3) is 0.526. The molecule has 0 unspecified atom stereocenters. The Morgan fingerprint density at radius 2 is 2.22 bits per heavy atom. The van der Waals surface area contributed by atoms with Crippen LogP contribution in [0.1, 0.15) is 36.5 Å². The van der Waals surface area contributed by atoms with Gasteiger partial charge in [0.05, 0.1) is 5.56 Å². The number of carbonyl (C=O) groups excluding carboxylic acids is 1. The summed E-state index contributed by atoms with van der Waals surface area (Å²) in [4.78, 5) is 15.0. The molecule has 1 atom stereocenters. The van der Waals surface area contributed by atoms with Crippen LogP contribution in [-0.2, 0) is 0 Å². The van der Waals surface area contributed by atoms with E-state index in [-0.39, 0.29) is 11.3 Å². The Kier molecular flexibility index (Phi) is 4.71. The second-order valence-electron chi connectivity index (χ2n) is 7.00. The van der Waals surface area contributed by atoms with Gasteiger partial charge in [0, 0.05) is 25.0 Å². The Morgan fingerprint density at radius 3 is 2.96 bits per heavy atom. The third-order valence-corrected chi connectivity index (χ3v) is 4.87. The molecule has 4 heteroatoms. The molecule has 0 aliphatic carbocycles. The quantitative estimate of drug-likeness (QED) is 0.869. The van der Waals surface area contributed by atoms with Crippen LogP contribution < -0.4 is 10.1 Å². The minimum absolute atomic E-state index is 0.0910. The molecule has 2 heterocycles. The highest BCUT2D eigenvalue weighted by Gasteiger charge is 2.39. The van der Waals surface area contributed by atoms with Crippen molar-refractivity contribution in [3.63, 3.8) is 0 Å². The SMILES string of the molecule is C=C(C)COc1ccccc1C(=O)N1CCC[C@@]2(CCNC2)C1. The number of hydrogen-bond donors (Lipinski definition) is 1. The molecule has 1 N–H and O–H groups in total. The van der Waals surface area contributed by atoms with E-state index in [1.54, 1.807) is 0 Å². The lowest BCUT2D eigenvalue weighted by Crippen LogP contribution is -2.47. The molecule has 124 valence electrons. The van der Waals surface area contributed by atoms with E-state index in [1.165, 1.54) is 12.8 Å². The second-order valence-corrected chi connectivity index (χ2v) is 7.00. The van der Waals surface area contributed by atoms with E-state index in [0.29, 0.717) is 17.9 Å². The van der Waals surface area contributed by atoms with Crippen molar-refractivity contribution in [3.8, 4) is 5.75 Å². The zero-order chi connectivity index (χ0) is 16.3. The van der Waals surface area contributed by atoms with Gasteiger partial charge in [-0.3, -0.25) is 4.79 Å². The molecule has 0 radical (unpaired) electrons. The first-order valence-electron chi connectivity index (χ1n) is 8.46. The predicted molar refractivity (Wildman–Crippen MR) is 91.8 cm³/mol. The summed E-state index contributed by atoms with van der Waals surface area (Å²) in [7, 11) is 0. The number of carbonyl (C=O) groups is 1. The topological polar surface area (TPSA) is 41.6 Å². The van der Waals surface area contributed by atoms with Gasteiger partial charge in [0.1, 0.15) is 12.4 Å². The first-order valence-corrected chi connectivity index (χ1v) is 8.46. The molecule has 2 saturated heterocycles. The fourth-order valence-electron chi connectivity index (χ4n) is 3.67. The number of hydrogen-bond acceptors (Lipinski definition) is 3. The first-order chi connectivity index (χ1) is 11.1. The summed E-state index contributed by atoms with van der Waals surface area (Å²) < 4.78 is 5.77. The molecule has 2 fully saturated rings. The highest BCUT2D eigenvalue weighted by Crippen LogP contribution is 2.36. The number of para-hydroxylation sites is 1. The largest absolute Gasteiger partial charge is 0.488 e. The van der Waals surface area contributed by atoms with Crippen molar-refractivity contribution in [1.82, 2.24) is 10.2 Å². The summed E-state index contributed by atoms with van der Waals surface area (Å²) in [5, 5.41) is 3.45. The minimum atomic E-state index is 0.0910. The van der Waals surface area contributed by atoms with Crippen molar-refractivity contribution in [1.29, 1.82) is 0 Å². The van der Waals surface area contributed by atoms with Crippen LogP contribution in [0, 0.1) is 5.41 Å². The second kappa shape index (κ2) is 6.75. The average molecular weight is 314 g/mol. The Morgan fingerprint density at radius 1 is 1.39 bits per heavy atom. The van der Waals surface area contributed by atoms with Crippen LogP contribution in [0.4, 0.5) is 0 Å². The molecule has 0 aromatic heterocycles. The minimum Gasteiger partial charge on any atom is -0.488 e. The number of nitrogens with zero attached hydrogens (tertiary/aromatic N) is 1. The zero-order valence-corrected chi connectivity index (χ0v) is 13.9. The van der Waals surface area contributed by atoms with Gasteiger partial charge in [0.2, 0.25) is 0 Å². The maximum Gasteiger partial charge on any atom is 0.257 e. The van der Waals surface area contributed by atoms with E-state index in [2.05, 4.69) is 11.9 Å². The van der Waals surface area contributed by atoms with Gasteiger partial charge in [0.25, 0.3) is 5.91 Å². The van der Waals surface area contributed by atoms with Crippen LogP contribution in [0.15, 0.2) is 36.4 Å². The molecule has 0 saturated carbocycles. The van der Waals surface area contributed by atoms with Crippen LogP contribution >= 0.6 is 0 Å². The Labute approximate surface area is 138 Å². The lowest BCUT2D eigenvalue weighted by atomic mass is 9.79. The number of ether oxygens (including phenoxy) is 1. The van der Waals surface area contributed by atoms with Gasteiger partial charge < -0.3 is 15.0 Å². The summed E-state index contributed by atoms with van der Waals surface area (Å²) in [6, 6.07) is 7.54. The summed E-state index contributed by atoms with van der Waals surface area (Å²) >= 11 is 0. The molecule has 2 aliphatic rings. The number of amides is 1. The molecule has 1 aromatic carbocycles. The van der Waals surface area contributed by atoms with E-state index in [4.69, 9.17) is 4.74 Å². The molecule has 1 spiro atoms. The van der Waals surface area contributed by atoms with Gasteiger partial charge in [-0.15, -0.1) is 0 Å². The molecule has 23 heavy (non-hydrogen) atoms. The molecule has 1 amide bonds. The molecule has 2 aliphatic heterocycles. The van der Waals surface area contributed by atoms with Crippen molar-refractivity contribution in [2.45, 2.75) is 26.2 Å². The van der Waals surface area contributed by atoms with Gasteiger partial charge in [-0.2, -0.15) is 0 Å². The number of nitrogens with one attached hydrogen (secondary N) is 1. The number of rotatable bonds is 4. The van der Waals surface area contributed by atoms with E-state index < -0.39 is 0 Å². The van der Waals surface area contributed by atoms with Gasteiger partial charge in [-0.25, -0.2) is 0 Å². The van der Waals surface area contributed by atoms with Crippen LogP contribution in [-0.4, -0.2) is 43.6 Å². The summed E-state index contributed by atoms with van der Waals surface area (Å²) in [6.45, 7) is 10.0. The van der Waals surface area contributed by atoms with E-state index in [9.17, 15) is 4.79 Å². The monoisotopic (exact) mass is 314 g/mol. The predicted octanol–water partition coefficient (Wildman–Crippen LogP) is 2.86. The molecule has 4 nitrogen and oxygen atoms in total. The highest BCUT2D eigenvalue weighted by atomic mass is 16.5.